The summed E-state index contributed by atoms with van der Waals surface area (Å²) in [5.74, 6) is -0.693. The Hall–Kier alpha value is -3.07. The van der Waals surface area contributed by atoms with E-state index in [-0.39, 0.29) is 23.3 Å². The van der Waals surface area contributed by atoms with Crippen molar-refractivity contribution >= 4 is 50.7 Å². The molecule has 3 rings (SSSR count). The van der Waals surface area contributed by atoms with Crippen molar-refractivity contribution in [2.24, 2.45) is 5.92 Å². The molecule has 7 nitrogen and oxygen atoms in total. The van der Waals surface area contributed by atoms with Gasteiger partial charge in [-0.1, -0.05) is 79.9 Å². The smallest absolute Gasteiger partial charge is 0.264 e. The molecule has 0 heterocycles. The number of anilines is 1. The van der Waals surface area contributed by atoms with Crippen LogP contribution in [0.4, 0.5) is 5.69 Å². The molecule has 0 bridgehead atoms. The minimum atomic E-state index is -4.15. The lowest BCUT2D eigenvalue weighted by atomic mass is 10.1. The van der Waals surface area contributed by atoms with Gasteiger partial charge >= 0.3 is 0 Å². The first-order valence-electron chi connectivity index (χ1n) is 13.5. The molecule has 0 aromatic heterocycles. The van der Waals surface area contributed by atoms with Gasteiger partial charge in [-0.15, -0.1) is 0 Å². The third kappa shape index (κ3) is 8.24. The number of amides is 2. The van der Waals surface area contributed by atoms with E-state index in [0.29, 0.717) is 34.3 Å². The Labute approximate surface area is 253 Å². The van der Waals surface area contributed by atoms with Crippen LogP contribution in [0.25, 0.3) is 0 Å². The maximum Gasteiger partial charge on any atom is 0.264 e. The van der Waals surface area contributed by atoms with E-state index in [9.17, 15) is 18.0 Å². The second-order valence-corrected chi connectivity index (χ2v) is 13.1. The molecule has 2 amide bonds. The van der Waals surface area contributed by atoms with E-state index in [1.165, 1.54) is 17.0 Å². The summed E-state index contributed by atoms with van der Waals surface area (Å²) in [5, 5.41) is 3.59. The summed E-state index contributed by atoms with van der Waals surface area (Å²) in [5.41, 5.74) is 2.55. The molecule has 1 atom stereocenters. The van der Waals surface area contributed by atoms with Gasteiger partial charge in [0.25, 0.3) is 10.0 Å². The van der Waals surface area contributed by atoms with E-state index in [0.717, 1.165) is 15.4 Å². The topological polar surface area (TPSA) is 86.8 Å². The highest BCUT2D eigenvalue weighted by Crippen LogP contribution is 2.29. The lowest BCUT2D eigenvalue weighted by Crippen LogP contribution is -2.52. The van der Waals surface area contributed by atoms with Gasteiger partial charge in [0.15, 0.2) is 0 Å². The Kier molecular flexibility index (Phi) is 11.2. The van der Waals surface area contributed by atoms with Crippen molar-refractivity contribution in [1.29, 1.82) is 0 Å². The summed E-state index contributed by atoms with van der Waals surface area (Å²) in [6, 6.07) is 17.5. The highest BCUT2D eigenvalue weighted by atomic mass is 35.5. The summed E-state index contributed by atoms with van der Waals surface area (Å²) in [6.45, 7) is 9.29. The van der Waals surface area contributed by atoms with Crippen molar-refractivity contribution < 1.29 is 18.0 Å². The molecule has 10 heteroatoms. The number of halogens is 2. The zero-order valence-corrected chi connectivity index (χ0v) is 26.4. The predicted octanol–water partition coefficient (Wildman–Crippen LogP) is 6.39. The Balaban J connectivity index is 2.09. The molecule has 0 spiro atoms. The van der Waals surface area contributed by atoms with Crippen LogP contribution in [0.15, 0.2) is 71.6 Å². The maximum absolute atomic E-state index is 14.2. The monoisotopic (exact) mass is 617 g/mol. The first-order chi connectivity index (χ1) is 19.3. The molecule has 0 radical (unpaired) electrons. The number of benzene rings is 3. The molecule has 41 heavy (non-hydrogen) atoms. The summed E-state index contributed by atoms with van der Waals surface area (Å²) in [6.07, 6.45) is 0.299. The van der Waals surface area contributed by atoms with Gasteiger partial charge in [0.2, 0.25) is 11.8 Å². The van der Waals surface area contributed by atoms with Crippen molar-refractivity contribution in [3.63, 3.8) is 0 Å². The van der Waals surface area contributed by atoms with Crippen LogP contribution in [0.2, 0.25) is 10.0 Å². The Bertz CT molecular complexity index is 1460. The fourth-order valence-corrected chi connectivity index (χ4v) is 6.27. The number of carbonyl (C=O) groups is 2. The highest BCUT2D eigenvalue weighted by Gasteiger charge is 2.34. The molecule has 0 unspecified atom stereocenters. The molecule has 0 aliphatic rings. The molecule has 220 valence electrons. The Morgan fingerprint density at radius 2 is 1.51 bits per heavy atom. The van der Waals surface area contributed by atoms with Crippen molar-refractivity contribution in [2.75, 3.05) is 17.4 Å². The average Bonchev–Trinajstić information content (AvgIpc) is 2.92. The van der Waals surface area contributed by atoms with E-state index >= 15 is 0 Å². The quantitative estimate of drug-likeness (QED) is 0.255. The van der Waals surface area contributed by atoms with Crippen molar-refractivity contribution in [1.82, 2.24) is 10.2 Å². The van der Waals surface area contributed by atoms with Gasteiger partial charge in [-0.25, -0.2) is 8.42 Å². The zero-order chi connectivity index (χ0) is 30.3. The summed E-state index contributed by atoms with van der Waals surface area (Å²) in [7, 11) is -4.15. The van der Waals surface area contributed by atoms with E-state index in [1.807, 2.05) is 33.8 Å². The second kappa shape index (κ2) is 14.2. The SMILES string of the molecule is CC[C@@H](C(=O)NCC(C)C)N(Cc1c(Cl)cccc1Cl)C(=O)CN(c1cccc(C)c1)S(=O)(=O)c1ccc(C)cc1. The van der Waals surface area contributed by atoms with Gasteiger partial charge in [-0.2, -0.15) is 0 Å². The van der Waals surface area contributed by atoms with Crippen molar-refractivity contribution in [3.05, 3.63) is 93.5 Å². The van der Waals surface area contributed by atoms with Crippen LogP contribution >= 0.6 is 23.2 Å². The first-order valence-corrected chi connectivity index (χ1v) is 15.7. The van der Waals surface area contributed by atoms with Gasteiger partial charge in [-0.05, 0) is 68.1 Å². The maximum atomic E-state index is 14.2. The van der Waals surface area contributed by atoms with Crippen molar-refractivity contribution in [2.45, 2.75) is 58.5 Å². The molecule has 0 fully saturated rings. The summed E-state index contributed by atoms with van der Waals surface area (Å²) < 4.78 is 29.0. The first kappa shape index (κ1) is 32.4. The lowest BCUT2D eigenvalue weighted by Gasteiger charge is -2.33. The summed E-state index contributed by atoms with van der Waals surface area (Å²) >= 11 is 12.9. The lowest BCUT2D eigenvalue weighted by molar-refractivity contribution is -0.140. The third-order valence-electron chi connectivity index (χ3n) is 6.64. The standard InChI is InChI=1S/C31H37Cl2N3O4S/c1-6-29(31(38)34-18-21(2)3)35(19-26-27(32)11-8-12-28(26)33)30(37)20-36(24-10-7-9-23(5)17-24)41(39,40)25-15-13-22(4)14-16-25/h7-17,21,29H,6,18-20H2,1-5H3,(H,34,38)/t29-/m0/s1. The zero-order valence-electron chi connectivity index (χ0n) is 24.0. The van der Waals surface area contributed by atoms with E-state index in [4.69, 9.17) is 23.2 Å². The van der Waals surface area contributed by atoms with Crippen LogP contribution in [0.5, 0.6) is 0 Å². The number of nitrogens with one attached hydrogen (secondary N) is 1. The number of nitrogens with zero attached hydrogens (tertiary/aromatic N) is 2. The van der Waals surface area contributed by atoms with Gasteiger partial charge in [0.05, 0.1) is 10.6 Å². The number of hydrogen-bond donors (Lipinski definition) is 1. The highest BCUT2D eigenvalue weighted by molar-refractivity contribution is 7.92. The van der Waals surface area contributed by atoms with Crippen LogP contribution in [0, 0.1) is 19.8 Å². The minimum absolute atomic E-state index is 0.0554. The van der Waals surface area contributed by atoms with E-state index in [2.05, 4.69) is 5.32 Å². The van der Waals surface area contributed by atoms with Gasteiger partial charge < -0.3 is 10.2 Å². The van der Waals surface area contributed by atoms with Gasteiger partial charge in [0.1, 0.15) is 12.6 Å². The molecular formula is C31H37Cl2N3O4S. The van der Waals surface area contributed by atoms with Crippen LogP contribution < -0.4 is 9.62 Å². The van der Waals surface area contributed by atoms with Crippen molar-refractivity contribution in [3.8, 4) is 0 Å². The van der Waals surface area contributed by atoms with Crippen LogP contribution in [0.1, 0.15) is 43.9 Å². The van der Waals surface area contributed by atoms with Crippen LogP contribution in [0.3, 0.4) is 0 Å². The Morgan fingerprint density at radius 1 is 0.902 bits per heavy atom. The van der Waals surface area contributed by atoms with Gasteiger partial charge in [-0.3, -0.25) is 13.9 Å². The number of carbonyl (C=O) groups excluding carboxylic acids is 2. The summed E-state index contributed by atoms with van der Waals surface area (Å²) in [4.78, 5) is 28.9. The fraction of sp³-hybridized carbons (Fsp3) is 0.355. The van der Waals surface area contributed by atoms with E-state index in [1.54, 1.807) is 55.5 Å². The number of sulfonamides is 1. The molecular weight excluding hydrogens is 581 g/mol. The largest absolute Gasteiger partial charge is 0.354 e. The molecule has 1 N–H and O–H groups in total. The number of aryl methyl sites for hydroxylation is 2. The predicted molar refractivity (Wildman–Crippen MR) is 166 cm³/mol. The average molecular weight is 619 g/mol. The number of rotatable bonds is 12. The fourth-order valence-electron chi connectivity index (χ4n) is 4.35. The third-order valence-corrected chi connectivity index (χ3v) is 9.13. The van der Waals surface area contributed by atoms with Gasteiger partial charge in [0, 0.05) is 28.7 Å². The molecule has 3 aromatic rings. The minimum Gasteiger partial charge on any atom is -0.354 e. The Morgan fingerprint density at radius 3 is 2.07 bits per heavy atom. The number of hydrogen-bond acceptors (Lipinski definition) is 4. The van der Waals surface area contributed by atoms with E-state index < -0.39 is 28.5 Å². The van der Waals surface area contributed by atoms with Crippen LogP contribution in [-0.4, -0.2) is 44.3 Å². The normalized spacial score (nSPS) is 12.2. The second-order valence-electron chi connectivity index (χ2n) is 10.4. The molecule has 0 saturated carbocycles. The molecule has 0 aliphatic heterocycles. The van der Waals surface area contributed by atoms with Crippen LogP contribution in [-0.2, 0) is 26.2 Å². The molecule has 3 aromatic carbocycles. The molecule has 0 saturated heterocycles. The molecule has 0 aliphatic carbocycles.